The Labute approximate surface area is 105 Å². The third kappa shape index (κ3) is 6.28. The second-order valence-electron chi connectivity index (χ2n) is 4.36. The molecule has 98 valence electrons. The van der Waals surface area contributed by atoms with E-state index in [2.05, 4.69) is 31.7 Å². The molecule has 0 aromatic carbocycles. The van der Waals surface area contributed by atoms with Crippen molar-refractivity contribution >= 4 is 5.91 Å². The molecule has 0 rings (SSSR count). The Morgan fingerprint density at radius 3 is 2.47 bits per heavy atom. The van der Waals surface area contributed by atoms with Crippen LogP contribution in [-0.4, -0.2) is 48.4 Å². The van der Waals surface area contributed by atoms with E-state index >= 15 is 0 Å². The van der Waals surface area contributed by atoms with Crippen molar-refractivity contribution in [2.45, 2.75) is 46.1 Å². The van der Waals surface area contributed by atoms with Gasteiger partial charge in [-0.15, -0.1) is 0 Å². The van der Waals surface area contributed by atoms with Crippen LogP contribution in [0.4, 0.5) is 0 Å². The molecule has 4 heteroatoms. The van der Waals surface area contributed by atoms with Crippen molar-refractivity contribution in [3.8, 4) is 6.07 Å². The maximum absolute atomic E-state index is 11.8. The molecule has 0 aliphatic carbocycles. The van der Waals surface area contributed by atoms with Gasteiger partial charge in [0.15, 0.2) is 0 Å². The smallest absolute Gasteiger partial charge is 0.223 e. The maximum Gasteiger partial charge on any atom is 0.223 e. The van der Waals surface area contributed by atoms with Gasteiger partial charge in [-0.3, -0.25) is 4.79 Å². The highest BCUT2D eigenvalue weighted by Crippen LogP contribution is 2.04. The highest BCUT2D eigenvalue weighted by Gasteiger charge is 2.13. The minimum atomic E-state index is 0.127. The zero-order valence-corrected chi connectivity index (χ0v) is 11.6. The van der Waals surface area contributed by atoms with Crippen LogP contribution in [0.15, 0.2) is 0 Å². The van der Waals surface area contributed by atoms with Gasteiger partial charge in [0.1, 0.15) is 0 Å². The van der Waals surface area contributed by atoms with Crippen molar-refractivity contribution in [3.63, 3.8) is 0 Å². The first-order chi connectivity index (χ1) is 8.06. The summed E-state index contributed by atoms with van der Waals surface area (Å²) in [4.78, 5) is 15.7. The average molecular weight is 239 g/mol. The van der Waals surface area contributed by atoms with Gasteiger partial charge in [-0.1, -0.05) is 13.8 Å². The molecule has 0 aliphatic heterocycles. The lowest BCUT2D eigenvalue weighted by molar-refractivity contribution is -0.130. The van der Waals surface area contributed by atoms with Crippen LogP contribution >= 0.6 is 0 Å². The molecule has 0 bridgehead atoms. The molecule has 0 fully saturated rings. The van der Waals surface area contributed by atoms with Crippen molar-refractivity contribution in [2.24, 2.45) is 0 Å². The molecule has 0 saturated carbocycles. The Balaban J connectivity index is 4.00. The molecule has 4 nitrogen and oxygen atoms in total. The Morgan fingerprint density at radius 2 is 2.00 bits per heavy atom. The third-order valence-electron chi connectivity index (χ3n) is 3.22. The number of hydrogen-bond acceptors (Lipinski definition) is 3. The normalized spacial score (nSPS) is 12.2. The predicted molar refractivity (Wildman–Crippen MR) is 69.5 cm³/mol. The maximum atomic E-state index is 11.8. The van der Waals surface area contributed by atoms with Crippen LogP contribution in [0.1, 0.15) is 40.0 Å². The van der Waals surface area contributed by atoms with Crippen molar-refractivity contribution in [2.75, 3.05) is 26.7 Å². The second-order valence-corrected chi connectivity index (χ2v) is 4.36. The topological polar surface area (TPSA) is 47.3 Å². The number of hydrogen-bond donors (Lipinski definition) is 0. The first-order valence-electron chi connectivity index (χ1n) is 6.41. The summed E-state index contributed by atoms with van der Waals surface area (Å²) >= 11 is 0. The second kappa shape index (κ2) is 9.00. The lowest BCUT2D eigenvalue weighted by atomic mass is 10.2. The van der Waals surface area contributed by atoms with E-state index in [9.17, 15) is 4.79 Å². The molecule has 1 atom stereocenters. The van der Waals surface area contributed by atoms with Gasteiger partial charge in [0.2, 0.25) is 5.91 Å². The van der Waals surface area contributed by atoms with Crippen LogP contribution in [0.3, 0.4) is 0 Å². The Bertz CT molecular complexity index is 260. The molecule has 0 N–H and O–H groups in total. The van der Waals surface area contributed by atoms with E-state index < -0.39 is 0 Å². The average Bonchev–Trinajstić information content (AvgIpc) is 2.35. The summed E-state index contributed by atoms with van der Waals surface area (Å²) in [6.07, 6.45) is 2.05. The number of nitriles is 1. The van der Waals surface area contributed by atoms with E-state index in [-0.39, 0.29) is 5.91 Å². The molecule has 1 amide bonds. The first kappa shape index (κ1) is 15.9. The highest BCUT2D eigenvalue weighted by molar-refractivity contribution is 5.76. The molecule has 0 saturated heterocycles. The largest absolute Gasteiger partial charge is 0.345 e. The number of amides is 1. The number of rotatable bonds is 8. The lowest BCUT2D eigenvalue weighted by Crippen LogP contribution is -2.37. The summed E-state index contributed by atoms with van der Waals surface area (Å²) in [5, 5.41) is 8.46. The predicted octanol–water partition coefficient (Wildman–Crippen LogP) is 1.87. The number of nitrogens with zero attached hydrogens (tertiary/aromatic N) is 3. The first-order valence-corrected chi connectivity index (χ1v) is 6.41. The van der Waals surface area contributed by atoms with Crippen molar-refractivity contribution in [3.05, 3.63) is 0 Å². The monoisotopic (exact) mass is 239 g/mol. The summed E-state index contributed by atoms with van der Waals surface area (Å²) < 4.78 is 0. The van der Waals surface area contributed by atoms with Crippen LogP contribution in [0.5, 0.6) is 0 Å². The van der Waals surface area contributed by atoms with Crippen molar-refractivity contribution < 1.29 is 4.79 Å². The third-order valence-corrected chi connectivity index (χ3v) is 3.22. The summed E-state index contributed by atoms with van der Waals surface area (Å²) in [5.74, 6) is 0.127. The van der Waals surface area contributed by atoms with Gasteiger partial charge in [0.25, 0.3) is 0 Å². The molecule has 0 aromatic rings. The molecule has 0 spiro atoms. The molecule has 1 unspecified atom stereocenters. The van der Waals surface area contributed by atoms with Gasteiger partial charge < -0.3 is 9.80 Å². The van der Waals surface area contributed by atoms with Gasteiger partial charge in [-0.25, -0.2) is 0 Å². The van der Waals surface area contributed by atoms with Gasteiger partial charge in [-0.05, 0) is 19.9 Å². The van der Waals surface area contributed by atoms with E-state index in [1.807, 2.05) is 0 Å². The quantitative estimate of drug-likeness (QED) is 0.649. The molecule has 0 heterocycles. The number of carbonyl (C=O) groups excluding carboxylic acids is 1. The molecule has 0 aromatic heterocycles. The van der Waals surface area contributed by atoms with E-state index in [0.717, 1.165) is 19.5 Å². The number of carbonyl (C=O) groups is 1. The van der Waals surface area contributed by atoms with Crippen LogP contribution in [0, 0.1) is 11.3 Å². The summed E-state index contributed by atoms with van der Waals surface area (Å²) in [7, 11) is 1.76. The minimum Gasteiger partial charge on any atom is -0.345 e. The molecule has 0 radical (unpaired) electrons. The molecular weight excluding hydrogens is 214 g/mol. The van der Waals surface area contributed by atoms with Crippen LogP contribution < -0.4 is 0 Å². The van der Waals surface area contributed by atoms with Crippen LogP contribution in [0.25, 0.3) is 0 Å². The summed E-state index contributed by atoms with van der Waals surface area (Å²) in [6, 6.07) is 2.58. The fraction of sp³-hybridized carbons (Fsp3) is 0.846. The fourth-order valence-electron chi connectivity index (χ4n) is 1.72. The van der Waals surface area contributed by atoms with Crippen molar-refractivity contribution in [1.29, 1.82) is 5.26 Å². The van der Waals surface area contributed by atoms with Crippen LogP contribution in [-0.2, 0) is 4.79 Å². The lowest BCUT2D eigenvalue weighted by Gasteiger charge is -2.27. The summed E-state index contributed by atoms with van der Waals surface area (Å²) in [6.45, 7) is 8.79. The Kier molecular flexibility index (Phi) is 8.43. The zero-order chi connectivity index (χ0) is 13.3. The van der Waals surface area contributed by atoms with E-state index in [1.54, 1.807) is 11.9 Å². The molecular formula is C13H25N3O. The van der Waals surface area contributed by atoms with Crippen LogP contribution in [0.2, 0.25) is 0 Å². The van der Waals surface area contributed by atoms with Gasteiger partial charge in [-0.2, -0.15) is 5.26 Å². The Morgan fingerprint density at radius 1 is 1.35 bits per heavy atom. The SMILES string of the molecule is CCC(C)N(CC)CCC(=O)N(C)CCC#N. The van der Waals surface area contributed by atoms with Gasteiger partial charge >= 0.3 is 0 Å². The van der Waals surface area contributed by atoms with E-state index in [1.165, 1.54) is 0 Å². The molecule has 0 aliphatic rings. The minimum absolute atomic E-state index is 0.127. The Hall–Kier alpha value is -1.08. The van der Waals surface area contributed by atoms with E-state index in [4.69, 9.17) is 5.26 Å². The molecule has 17 heavy (non-hydrogen) atoms. The van der Waals surface area contributed by atoms with Gasteiger partial charge in [0, 0.05) is 32.6 Å². The zero-order valence-electron chi connectivity index (χ0n) is 11.6. The van der Waals surface area contributed by atoms with Gasteiger partial charge in [0.05, 0.1) is 12.5 Å². The fourth-order valence-corrected chi connectivity index (χ4v) is 1.72. The van der Waals surface area contributed by atoms with Crippen molar-refractivity contribution in [1.82, 2.24) is 9.80 Å². The summed E-state index contributed by atoms with van der Waals surface area (Å²) in [5.41, 5.74) is 0. The standard InChI is InChI=1S/C13H25N3O/c1-5-12(3)16(6-2)11-8-13(17)15(4)10-7-9-14/h12H,5-8,10-11H2,1-4H3. The van der Waals surface area contributed by atoms with E-state index in [0.29, 0.717) is 25.4 Å². The highest BCUT2D eigenvalue weighted by atomic mass is 16.2.